The Morgan fingerprint density at radius 1 is 1.33 bits per heavy atom. The molecule has 1 amide bonds. The third-order valence-electron chi connectivity index (χ3n) is 3.02. The van der Waals surface area contributed by atoms with E-state index in [9.17, 15) is 9.59 Å². The molecule has 2 rings (SSSR count). The van der Waals surface area contributed by atoms with Crippen LogP contribution < -0.4 is 10.2 Å². The molecule has 0 atom stereocenters. The molecular formula is C14H18N2O2. The Balaban J connectivity index is 2.24. The third kappa shape index (κ3) is 2.53. The summed E-state index contributed by atoms with van der Waals surface area (Å²) in [7, 11) is 0. The molecule has 0 aliphatic carbocycles. The number of benzene rings is 1. The number of carbonyl (C=O) groups is 2. The fraction of sp³-hybridized carbons (Fsp3) is 0.429. The number of rotatable bonds is 2. The standard InChI is InChI=1S/C14H18N2O2/c1-14(2,3)12(17)8-16-9-13(18)15-10-6-4-5-7-11(10)16/h4-7H,8-9H2,1-3H3,(H,15,18). The first-order valence-corrected chi connectivity index (χ1v) is 6.05. The monoisotopic (exact) mass is 246 g/mol. The van der Waals surface area contributed by atoms with Crippen molar-refractivity contribution < 1.29 is 9.59 Å². The van der Waals surface area contributed by atoms with Crippen molar-refractivity contribution in [2.75, 3.05) is 23.3 Å². The number of fused-ring (bicyclic) bond motifs is 1. The van der Waals surface area contributed by atoms with Crippen LogP contribution in [0.5, 0.6) is 0 Å². The first kappa shape index (κ1) is 12.6. The number of Topliss-reactive ketones (excluding diaryl/α,β-unsaturated/α-hetero) is 1. The van der Waals surface area contributed by atoms with Crippen LogP contribution in [0.2, 0.25) is 0 Å². The van der Waals surface area contributed by atoms with Crippen LogP contribution in [0.15, 0.2) is 24.3 Å². The molecule has 4 nitrogen and oxygen atoms in total. The molecule has 1 N–H and O–H groups in total. The van der Waals surface area contributed by atoms with Crippen molar-refractivity contribution in [1.82, 2.24) is 0 Å². The van der Waals surface area contributed by atoms with E-state index in [0.29, 0.717) is 0 Å². The van der Waals surface area contributed by atoms with Gasteiger partial charge in [-0.25, -0.2) is 0 Å². The number of nitrogens with one attached hydrogen (secondary N) is 1. The molecule has 18 heavy (non-hydrogen) atoms. The van der Waals surface area contributed by atoms with E-state index in [4.69, 9.17) is 0 Å². The number of hydrogen-bond donors (Lipinski definition) is 1. The first-order valence-electron chi connectivity index (χ1n) is 6.05. The molecule has 1 aromatic rings. The number of nitrogens with zero attached hydrogens (tertiary/aromatic N) is 1. The predicted octanol–water partition coefficient (Wildman–Crippen LogP) is 2.06. The molecule has 0 unspecified atom stereocenters. The zero-order valence-corrected chi connectivity index (χ0v) is 11.0. The summed E-state index contributed by atoms with van der Waals surface area (Å²) in [6.07, 6.45) is 0. The molecule has 1 aromatic carbocycles. The summed E-state index contributed by atoms with van der Waals surface area (Å²) in [5.41, 5.74) is 1.30. The summed E-state index contributed by atoms with van der Waals surface area (Å²) in [4.78, 5) is 25.5. The largest absolute Gasteiger partial charge is 0.353 e. The average molecular weight is 246 g/mol. The van der Waals surface area contributed by atoms with Gasteiger partial charge in [-0.2, -0.15) is 0 Å². The Labute approximate surface area is 107 Å². The number of carbonyl (C=O) groups excluding carboxylic acids is 2. The number of ketones is 1. The van der Waals surface area contributed by atoms with Crippen molar-refractivity contribution >= 4 is 23.1 Å². The van der Waals surface area contributed by atoms with Gasteiger partial charge in [-0.1, -0.05) is 32.9 Å². The molecule has 0 bridgehead atoms. The number of para-hydroxylation sites is 2. The highest BCUT2D eigenvalue weighted by atomic mass is 16.2. The molecule has 0 radical (unpaired) electrons. The minimum absolute atomic E-state index is 0.0737. The second-order valence-corrected chi connectivity index (χ2v) is 5.59. The summed E-state index contributed by atoms with van der Waals surface area (Å²) in [5, 5.41) is 2.81. The van der Waals surface area contributed by atoms with E-state index in [1.54, 1.807) is 0 Å². The zero-order chi connectivity index (χ0) is 13.3. The highest BCUT2D eigenvalue weighted by Gasteiger charge is 2.28. The lowest BCUT2D eigenvalue weighted by Gasteiger charge is -2.32. The normalized spacial score (nSPS) is 15.1. The van der Waals surface area contributed by atoms with E-state index in [1.165, 1.54) is 0 Å². The van der Waals surface area contributed by atoms with Crippen LogP contribution in [0.25, 0.3) is 0 Å². The molecule has 96 valence electrons. The molecule has 1 heterocycles. The van der Waals surface area contributed by atoms with Crippen molar-refractivity contribution in [3.8, 4) is 0 Å². The SMILES string of the molecule is CC(C)(C)C(=O)CN1CC(=O)Nc2ccccc21. The molecule has 1 aliphatic rings. The molecule has 0 saturated carbocycles. The van der Waals surface area contributed by atoms with Crippen molar-refractivity contribution in [3.05, 3.63) is 24.3 Å². The van der Waals surface area contributed by atoms with Gasteiger partial charge < -0.3 is 10.2 Å². The Kier molecular flexibility index (Phi) is 3.11. The van der Waals surface area contributed by atoms with Gasteiger partial charge in [-0.05, 0) is 12.1 Å². The van der Waals surface area contributed by atoms with Crippen LogP contribution in [0, 0.1) is 5.41 Å². The second-order valence-electron chi connectivity index (χ2n) is 5.59. The van der Waals surface area contributed by atoms with E-state index in [2.05, 4.69) is 5.32 Å². The average Bonchev–Trinajstić information content (AvgIpc) is 2.27. The first-order chi connectivity index (χ1) is 8.38. The summed E-state index contributed by atoms with van der Waals surface area (Å²) >= 11 is 0. The van der Waals surface area contributed by atoms with Gasteiger partial charge in [-0.15, -0.1) is 0 Å². The fourth-order valence-corrected chi connectivity index (χ4v) is 1.85. The molecule has 4 heteroatoms. The maximum Gasteiger partial charge on any atom is 0.243 e. The molecule has 0 fully saturated rings. The summed E-state index contributed by atoms with van der Waals surface area (Å²) in [6, 6.07) is 7.55. The fourth-order valence-electron chi connectivity index (χ4n) is 1.85. The van der Waals surface area contributed by atoms with Gasteiger partial charge in [0.1, 0.15) is 0 Å². The molecule has 0 aromatic heterocycles. The van der Waals surface area contributed by atoms with Gasteiger partial charge in [0.15, 0.2) is 5.78 Å². The Hall–Kier alpha value is -1.84. The second kappa shape index (κ2) is 4.44. The quantitative estimate of drug-likeness (QED) is 0.869. The highest BCUT2D eigenvalue weighted by Crippen LogP contribution is 2.29. The Morgan fingerprint density at radius 3 is 2.67 bits per heavy atom. The zero-order valence-electron chi connectivity index (χ0n) is 11.0. The molecule has 0 spiro atoms. The van der Waals surface area contributed by atoms with Crippen LogP contribution in [0.4, 0.5) is 11.4 Å². The van der Waals surface area contributed by atoms with E-state index >= 15 is 0 Å². The van der Waals surface area contributed by atoms with Gasteiger partial charge in [0, 0.05) is 5.41 Å². The van der Waals surface area contributed by atoms with Crippen molar-refractivity contribution in [2.45, 2.75) is 20.8 Å². The Bertz CT molecular complexity index is 489. The van der Waals surface area contributed by atoms with Gasteiger partial charge in [0.2, 0.25) is 5.91 Å². The third-order valence-corrected chi connectivity index (χ3v) is 3.02. The minimum atomic E-state index is -0.386. The topological polar surface area (TPSA) is 49.4 Å². The van der Waals surface area contributed by atoms with E-state index in [1.807, 2.05) is 49.9 Å². The van der Waals surface area contributed by atoms with Crippen LogP contribution in [-0.2, 0) is 9.59 Å². The molecule has 0 saturated heterocycles. The van der Waals surface area contributed by atoms with Gasteiger partial charge in [0.25, 0.3) is 0 Å². The maximum atomic E-state index is 12.1. The van der Waals surface area contributed by atoms with Crippen molar-refractivity contribution in [2.24, 2.45) is 5.41 Å². The van der Waals surface area contributed by atoms with Crippen LogP contribution >= 0.6 is 0 Å². The maximum absolute atomic E-state index is 12.1. The van der Waals surface area contributed by atoms with E-state index < -0.39 is 0 Å². The summed E-state index contributed by atoms with van der Waals surface area (Å²) < 4.78 is 0. The summed E-state index contributed by atoms with van der Waals surface area (Å²) in [6.45, 7) is 6.19. The van der Waals surface area contributed by atoms with E-state index in [0.717, 1.165) is 11.4 Å². The molecular weight excluding hydrogens is 228 g/mol. The summed E-state index contributed by atoms with van der Waals surface area (Å²) in [5.74, 6) is 0.0578. The van der Waals surface area contributed by atoms with Gasteiger partial charge >= 0.3 is 0 Å². The van der Waals surface area contributed by atoms with E-state index in [-0.39, 0.29) is 30.2 Å². The van der Waals surface area contributed by atoms with Crippen molar-refractivity contribution in [3.63, 3.8) is 0 Å². The van der Waals surface area contributed by atoms with Crippen molar-refractivity contribution in [1.29, 1.82) is 0 Å². The predicted molar refractivity (Wildman–Crippen MR) is 71.7 cm³/mol. The minimum Gasteiger partial charge on any atom is -0.353 e. The highest BCUT2D eigenvalue weighted by molar-refractivity contribution is 6.02. The molecule has 1 aliphatic heterocycles. The van der Waals surface area contributed by atoms with Crippen LogP contribution in [0.1, 0.15) is 20.8 Å². The smallest absolute Gasteiger partial charge is 0.243 e. The number of anilines is 2. The van der Waals surface area contributed by atoms with Gasteiger partial charge in [-0.3, -0.25) is 9.59 Å². The van der Waals surface area contributed by atoms with Gasteiger partial charge in [0.05, 0.1) is 24.5 Å². The lowest BCUT2D eigenvalue weighted by Crippen LogP contribution is -2.43. The van der Waals surface area contributed by atoms with Crippen LogP contribution in [-0.4, -0.2) is 24.8 Å². The Morgan fingerprint density at radius 2 is 2.00 bits per heavy atom. The number of amides is 1. The lowest BCUT2D eigenvalue weighted by atomic mass is 9.90. The van der Waals surface area contributed by atoms with Crippen LogP contribution in [0.3, 0.4) is 0 Å². The lowest BCUT2D eigenvalue weighted by molar-refractivity contribution is -0.124. The number of hydrogen-bond acceptors (Lipinski definition) is 3.